The van der Waals surface area contributed by atoms with Gasteiger partial charge in [0.1, 0.15) is 11.4 Å². The number of nitrogens with zero attached hydrogens (tertiary/aromatic N) is 2. The summed E-state index contributed by atoms with van der Waals surface area (Å²) in [5, 5.41) is 3.09. The van der Waals surface area contributed by atoms with Crippen molar-refractivity contribution in [2.75, 3.05) is 11.1 Å². The molecule has 0 saturated carbocycles. The van der Waals surface area contributed by atoms with E-state index in [4.69, 9.17) is 5.73 Å². The zero-order valence-electron chi connectivity index (χ0n) is 11.7. The second kappa shape index (κ2) is 5.47. The van der Waals surface area contributed by atoms with Crippen molar-refractivity contribution in [1.29, 1.82) is 0 Å². The molecule has 1 aromatic carbocycles. The van der Waals surface area contributed by atoms with Gasteiger partial charge in [0.15, 0.2) is 0 Å². The number of alkyl halides is 3. The van der Waals surface area contributed by atoms with Crippen LogP contribution in [0.5, 0.6) is 0 Å². The fourth-order valence-electron chi connectivity index (χ4n) is 2.74. The lowest BCUT2D eigenvalue weighted by atomic mass is 9.88. The monoisotopic (exact) mass is 308 g/mol. The third-order valence-corrected chi connectivity index (χ3v) is 3.80. The lowest BCUT2D eigenvalue weighted by molar-refractivity contribution is -0.137. The fourth-order valence-corrected chi connectivity index (χ4v) is 2.74. The van der Waals surface area contributed by atoms with Gasteiger partial charge >= 0.3 is 6.18 Å². The van der Waals surface area contributed by atoms with Gasteiger partial charge in [0, 0.05) is 6.20 Å². The first-order valence-corrected chi connectivity index (χ1v) is 6.99. The lowest BCUT2D eigenvalue weighted by Crippen LogP contribution is -2.20. The Morgan fingerprint density at radius 3 is 2.73 bits per heavy atom. The minimum Gasteiger partial charge on any atom is -0.383 e. The molecule has 0 fully saturated rings. The number of nitrogens with two attached hydrogens (primary N) is 1. The van der Waals surface area contributed by atoms with Gasteiger partial charge in [0.05, 0.1) is 6.04 Å². The van der Waals surface area contributed by atoms with Crippen LogP contribution in [0.4, 0.5) is 24.9 Å². The number of halogens is 3. The molecule has 116 valence electrons. The number of nitrogens with one attached hydrogen (secondary N) is 1. The van der Waals surface area contributed by atoms with Crippen molar-refractivity contribution in [2.45, 2.75) is 31.5 Å². The SMILES string of the molecule is Nc1nc(N[C@@H]2CCCc3ccccc32)ncc1C(F)(F)F. The predicted octanol–water partition coefficient (Wildman–Crippen LogP) is 3.57. The van der Waals surface area contributed by atoms with Crippen molar-refractivity contribution in [3.63, 3.8) is 0 Å². The lowest BCUT2D eigenvalue weighted by Gasteiger charge is -2.26. The normalized spacial score (nSPS) is 17.9. The Morgan fingerprint density at radius 1 is 1.23 bits per heavy atom. The zero-order chi connectivity index (χ0) is 15.7. The molecule has 3 rings (SSSR count). The van der Waals surface area contributed by atoms with Crippen LogP contribution in [-0.4, -0.2) is 9.97 Å². The van der Waals surface area contributed by atoms with Gasteiger partial charge in [-0.3, -0.25) is 0 Å². The van der Waals surface area contributed by atoms with Crippen molar-refractivity contribution in [2.24, 2.45) is 0 Å². The van der Waals surface area contributed by atoms with Crippen LogP contribution in [0.3, 0.4) is 0 Å². The Hall–Kier alpha value is -2.31. The molecule has 1 atom stereocenters. The quantitative estimate of drug-likeness (QED) is 0.890. The van der Waals surface area contributed by atoms with Gasteiger partial charge in [0.2, 0.25) is 5.95 Å². The molecule has 0 saturated heterocycles. The summed E-state index contributed by atoms with van der Waals surface area (Å²) in [6.45, 7) is 0. The summed E-state index contributed by atoms with van der Waals surface area (Å²) in [4.78, 5) is 7.49. The maximum atomic E-state index is 12.7. The molecule has 1 aliphatic rings. The molecule has 0 spiro atoms. The van der Waals surface area contributed by atoms with E-state index in [1.54, 1.807) is 0 Å². The van der Waals surface area contributed by atoms with Crippen LogP contribution in [0.2, 0.25) is 0 Å². The van der Waals surface area contributed by atoms with Crippen LogP contribution in [0, 0.1) is 0 Å². The van der Waals surface area contributed by atoms with E-state index in [-0.39, 0.29) is 12.0 Å². The molecule has 1 aliphatic carbocycles. The highest BCUT2D eigenvalue weighted by atomic mass is 19.4. The number of hydrogen-bond acceptors (Lipinski definition) is 4. The Bertz CT molecular complexity index is 685. The van der Waals surface area contributed by atoms with Crippen molar-refractivity contribution in [3.05, 3.63) is 47.2 Å². The molecule has 2 aromatic rings. The summed E-state index contributed by atoms with van der Waals surface area (Å²) < 4.78 is 38.0. The first kappa shape index (κ1) is 14.6. The van der Waals surface area contributed by atoms with E-state index in [1.165, 1.54) is 5.56 Å². The average molecular weight is 308 g/mol. The largest absolute Gasteiger partial charge is 0.421 e. The van der Waals surface area contributed by atoms with Gasteiger partial charge in [0.25, 0.3) is 0 Å². The maximum Gasteiger partial charge on any atom is 0.421 e. The van der Waals surface area contributed by atoms with Gasteiger partial charge in [-0.15, -0.1) is 0 Å². The van der Waals surface area contributed by atoms with Gasteiger partial charge < -0.3 is 11.1 Å². The van der Waals surface area contributed by atoms with Crippen LogP contribution >= 0.6 is 0 Å². The first-order chi connectivity index (χ1) is 10.4. The van der Waals surface area contributed by atoms with Crippen LogP contribution in [0.1, 0.15) is 35.6 Å². The number of anilines is 2. The molecule has 7 heteroatoms. The number of fused-ring (bicyclic) bond motifs is 1. The highest BCUT2D eigenvalue weighted by molar-refractivity contribution is 5.46. The molecule has 0 amide bonds. The van der Waals surface area contributed by atoms with E-state index >= 15 is 0 Å². The Balaban J connectivity index is 1.84. The molecule has 3 N–H and O–H groups in total. The molecule has 22 heavy (non-hydrogen) atoms. The van der Waals surface area contributed by atoms with E-state index in [0.29, 0.717) is 0 Å². The second-order valence-corrected chi connectivity index (χ2v) is 5.28. The van der Waals surface area contributed by atoms with Crippen LogP contribution in [0.25, 0.3) is 0 Å². The van der Waals surface area contributed by atoms with Crippen LogP contribution in [-0.2, 0) is 12.6 Å². The minimum absolute atomic E-state index is 0.0129. The highest BCUT2D eigenvalue weighted by Gasteiger charge is 2.34. The van der Waals surface area contributed by atoms with E-state index in [9.17, 15) is 13.2 Å². The number of aryl methyl sites for hydroxylation is 1. The Labute approximate surface area is 125 Å². The molecular formula is C15H15F3N4. The van der Waals surface area contributed by atoms with Gasteiger partial charge in [-0.1, -0.05) is 24.3 Å². The Kier molecular flexibility index (Phi) is 3.64. The predicted molar refractivity (Wildman–Crippen MR) is 77.2 cm³/mol. The van der Waals surface area contributed by atoms with Crippen molar-refractivity contribution in [3.8, 4) is 0 Å². The van der Waals surface area contributed by atoms with Crippen molar-refractivity contribution >= 4 is 11.8 Å². The van der Waals surface area contributed by atoms with Crippen LogP contribution < -0.4 is 11.1 Å². The van der Waals surface area contributed by atoms with E-state index in [2.05, 4.69) is 21.4 Å². The first-order valence-electron chi connectivity index (χ1n) is 6.99. The second-order valence-electron chi connectivity index (χ2n) is 5.28. The summed E-state index contributed by atoms with van der Waals surface area (Å²) in [5.41, 5.74) is 6.76. The number of rotatable bonds is 2. The van der Waals surface area contributed by atoms with Gasteiger partial charge in [-0.25, -0.2) is 4.98 Å². The molecule has 0 radical (unpaired) electrons. The zero-order valence-corrected chi connectivity index (χ0v) is 11.7. The molecule has 0 bridgehead atoms. The molecule has 0 aliphatic heterocycles. The third-order valence-electron chi connectivity index (χ3n) is 3.80. The fraction of sp³-hybridized carbons (Fsp3) is 0.333. The summed E-state index contributed by atoms with van der Waals surface area (Å²) in [6.07, 6.45) is -0.935. The molecular weight excluding hydrogens is 293 g/mol. The summed E-state index contributed by atoms with van der Waals surface area (Å²) in [7, 11) is 0. The van der Waals surface area contributed by atoms with Crippen molar-refractivity contribution in [1.82, 2.24) is 9.97 Å². The minimum atomic E-state index is -4.54. The van der Waals surface area contributed by atoms with Gasteiger partial charge in [-0.05, 0) is 30.4 Å². The van der Waals surface area contributed by atoms with Gasteiger partial charge in [-0.2, -0.15) is 18.2 Å². The van der Waals surface area contributed by atoms with E-state index < -0.39 is 17.6 Å². The summed E-state index contributed by atoms with van der Waals surface area (Å²) in [5.74, 6) is -0.443. The number of benzene rings is 1. The topological polar surface area (TPSA) is 63.8 Å². The highest BCUT2D eigenvalue weighted by Crippen LogP contribution is 2.34. The smallest absolute Gasteiger partial charge is 0.383 e. The summed E-state index contributed by atoms with van der Waals surface area (Å²) in [6, 6.07) is 7.99. The maximum absolute atomic E-state index is 12.7. The number of aromatic nitrogens is 2. The third kappa shape index (κ3) is 2.84. The molecule has 1 aromatic heterocycles. The van der Waals surface area contributed by atoms with Crippen LogP contribution in [0.15, 0.2) is 30.5 Å². The number of nitrogen functional groups attached to an aromatic ring is 1. The standard InChI is InChI=1S/C15H15F3N4/c16-15(17,18)11-8-20-14(22-13(11)19)21-12-7-3-5-9-4-1-2-6-10(9)12/h1-2,4,6,8,12H,3,5,7H2,(H3,19,20,21,22)/t12-/m1/s1. The molecule has 1 heterocycles. The Morgan fingerprint density at radius 2 is 2.00 bits per heavy atom. The number of hydrogen-bond donors (Lipinski definition) is 2. The van der Waals surface area contributed by atoms with E-state index in [0.717, 1.165) is 31.0 Å². The van der Waals surface area contributed by atoms with E-state index in [1.807, 2.05) is 18.2 Å². The summed E-state index contributed by atoms with van der Waals surface area (Å²) >= 11 is 0. The molecule has 0 unspecified atom stereocenters. The van der Waals surface area contributed by atoms with Crippen molar-refractivity contribution < 1.29 is 13.2 Å². The average Bonchev–Trinajstić information content (AvgIpc) is 2.46. The molecule has 4 nitrogen and oxygen atoms in total.